The van der Waals surface area contributed by atoms with Crippen molar-refractivity contribution >= 4 is 34.9 Å². The van der Waals surface area contributed by atoms with E-state index in [1.807, 2.05) is 0 Å². The molecule has 0 saturated carbocycles. The lowest BCUT2D eigenvalue weighted by Gasteiger charge is -2.20. The first kappa shape index (κ1) is 24.0. The molecular weight excluding hydrogens is 467 g/mol. The number of carbonyl (C=O) groups excluding carboxylic acids is 2. The highest BCUT2D eigenvalue weighted by Crippen LogP contribution is 2.30. The van der Waals surface area contributed by atoms with Gasteiger partial charge < -0.3 is 14.2 Å². The van der Waals surface area contributed by atoms with Crippen LogP contribution in [0.5, 0.6) is 0 Å². The molecule has 33 heavy (non-hydrogen) atoms. The van der Waals surface area contributed by atoms with E-state index in [0.717, 1.165) is 30.3 Å². The lowest BCUT2D eigenvalue weighted by Crippen LogP contribution is -2.37. The highest BCUT2D eigenvalue weighted by molar-refractivity contribution is 6.33. The maximum atomic E-state index is 14.6. The van der Waals surface area contributed by atoms with Gasteiger partial charge in [0.05, 0.1) is 32.1 Å². The third-order valence-corrected chi connectivity index (χ3v) is 5.15. The second kappa shape index (κ2) is 9.88. The van der Waals surface area contributed by atoms with Gasteiger partial charge in [0.1, 0.15) is 12.7 Å². The summed E-state index contributed by atoms with van der Waals surface area (Å²) in [5.74, 6) is -1.88. The average Bonchev–Trinajstić information content (AvgIpc) is 3.04. The second-order valence-electron chi connectivity index (χ2n) is 7.02. The van der Waals surface area contributed by atoms with E-state index in [9.17, 15) is 34.2 Å². The number of alkyl halides is 1. The Morgan fingerprint density at radius 1 is 1.06 bits per heavy atom. The molecule has 1 unspecified atom stereocenters. The molecule has 1 fully saturated rings. The number of rotatable bonds is 7. The van der Waals surface area contributed by atoms with Crippen LogP contribution >= 0.6 is 11.6 Å². The van der Waals surface area contributed by atoms with Crippen LogP contribution in [0.2, 0.25) is 5.02 Å². The molecule has 0 bridgehead atoms. The van der Waals surface area contributed by atoms with E-state index >= 15 is 0 Å². The Balaban J connectivity index is 1.67. The summed E-state index contributed by atoms with van der Waals surface area (Å²) >= 11 is 5.91. The van der Waals surface area contributed by atoms with Crippen molar-refractivity contribution in [3.05, 3.63) is 78.8 Å². The lowest BCUT2D eigenvalue weighted by atomic mass is 10.1. The molecule has 0 spiro atoms. The maximum absolute atomic E-state index is 14.6. The van der Waals surface area contributed by atoms with Crippen molar-refractivity contribution in [1.82, 2.24) is 0 Å². The summed E-state index contributed by atoms with van der Waals surface area (Å²) in [5.41, 5.74) is -0.740. The molecule has 0 amide bonds. The summed E-state index contributed by atoms with van der Waals surface area (Å²) < 4.78 is 30.3. The number of carbonyl (C=O) groups is 2. The van der Waals surface area contributed by atoms with Crippen LogP contribution in [0.4, 0.5) is 15.8 Å². The summed E-state index contributed by atoms with van der Waals surface area (Å²) in [7, 11) is 0. The summed E-state index contributed by atoms with van der Waals surface area (Å²) in [6.45, 7) is 0.940. The molecule has 0 aromatic heterocycles. The Morgan fingerprint density at radius 3 is 2.24 bits per heavy atom. The highest BCUT2D eigenvalue weighted by Gasteiger charge is 2.46. The van der Waals surface area contributed by atoms with Crippen LogP contribution in [0.1, 0.15) is 27.6 Å². The number of non-ortho nitro benzene ring substituents is 2. The van der Waals surface area contributed by atoms with Gasteiger partial charge in [0.15, 0.2) is 12.3 Å². The Hall–Kier alpha value is -3.64. The number of esters is 2. The zero-order valence-corrected chi connectivity index (χ0v) is 17.6. The molecule has 1 aliphatic rings. The zero-order chi connectivity index (χ0) is 24.3. The molecular formula is C20H16ClFN2O9. The first-order chi connectivity index (χ1) is 15.6. The van der Waals surface area contributed by atoms with Crippen LogP contribution < -0.4 is 0 Å². The summed E-state index contributed by atoms with van der Waals surface area (Å²) in [6.07, 6.45) is -5.30. The van der Waals surface area contributed by atoms with Crippen LogP contribution in [0.15, 0.2) is 42.5 Å². The van der Waals surface area contributed by atoms with E-state index in [1.54, 1.807) is 0 Å². The fourth-order valence-corrected chi connectivity index (χ4v) is 3.36. The van der Waals surface area contributed by atoms with Crippen molar-refractivity contribution in [1.29, 1.82) is 0 Å². The average molecular weight is 483 g/mol. The minimum absolute atomic E-state index is 0.0228. The third-order valence-electron chi connectivity index (χ3n) is 4.84. The first-order valence-corrected chi connectivity index (χ1v) is 9.82. The predicted molar refractivity (Wildman–Crippen MR) is 110 cm³/mol. The van der Waals surface area contributed by atoms with E-state index in [2.05, 4.69) is 0 Å². The molecule has 0 N–H and O–H groups in total. The van der Waals surface area contributed by atoms with Crippen LogP contribution in [-0.2, 0) is 14.2 Å². The van der Waals surface area contributed by atoms with Crippen molar-refractivity contribution in [2.24, 2.45) is 0 Å². The van der Waals surface area contributed by atoms with E-state index < -0.39 is 52.9 Å². The molecule has 1 heterocycles. The van der Waals surface area contributed by atoms with Gasteiger partial charge in [0.2, 0.25) is 0 Å². The molecule has 1 aliphatic heterocycles. The molecule has 174 valence electrons. The monoisotopic (exact) mass is 482 g/mol. The quantitative estimate of drug-likeness (QED) is 0.327. The van der Waals surface area contributed by atoms with E-state index in [-0.39, 0.29) is 27.5 Å². The van der Waals surface area contributed by atoms with Crippen LogP contribution in [-0.4, -0.2) is 52.9 Å². The molecule has 0 radical (unpaired) electrons. The molecule has 11 nitrogen and oxygen atoms in total. The van der Waals surface area contributed by atoms with Crippen molar-refractivity contribution in [3.8, 4) is 0 Å². The molecule has 1 saturated heterocycles. The number of hydrogen-bond donors (Lipinski definition) is 0. The fourth-order valence-electron chi connectivity index (χ4n) is 3.11. The lowest BCUT2D eigenvalue weighted by molar-refractivity contribution is -0.385. The molecule has 3 rings (SSSR count). The normalized spacial score (nSPS) is 21.9. The number of nitro benzene ring substituents is 2. The summed E-state index contributed by atoms with van der Waals surface area (Å²) in [6, 6.07) is 7.74. The van der Waals surface area contributed by atoms with Gasteiger partial charge in [-0.05, 0) is 25.1 Å². The Labute approximate surface area is 190 Å². The van der Waals surface area contributed by atoms with E-state index in [0.29, 0.717) is 0 Å². The zero-order valence-electron chi connectivity index (χ0n) is 16.9. The van der Waals surface area contributed by atoms with Crippen LogP contribution in [0.3, 0.4) is 0 Å². The van der Waals surface area contributed by atoms with Crippen LogP contribution in [0, 0.1) is 20.2 Å². The molecule has 2 aromatic rings. The van der Waals surface area contributed by atoms with Gasteiger partial charge in [-0.1, -0.05) is 11.6 Å². The van der Waals surface area contributed by atoms with Crippen molar-refractivity contribution < 1.29 is 38.0 Å². The smallest absolute Gasteiger partial charge is 0.340 e. The van der Waals surface area contributed by atoms with Crippen molar-refractivity contribution in [2.45, 2.75) is 31.4 Å². The van der Waals surface area contributed by atoms with Crippen molar-refractivity contribution in [3.63, 3.8) is 0 Å². The first-order valence-electron chi connectivity index (χ1n) is 9.44. The highest BCUT2D eigenvalue weighted by atomic mass is 35.5. The number of ether oxygens (including phenoxy) is 3. The minimum atomic E-state index is -1.74. The molecule has 2 aromatic carbocycles. The number of hydrogen-bond acceptors (Lipinski definition) is 9. The Morgan fingerprint density at radius 2 is 1.67 bits per heavy atom. The van der Waals surface area contributed by atoms with Gasteiger partial charge in [-0.3, -0.25) is 20.2 Å². The summed E-state index contributed by atoms with van der Waals surface area (Å²) in [5, 5.41) is 21.2. The predicted octanol–water partition coefficient (Wildman–Crippen LogP) is 3.66. The number of halogens is 2. The minimum Gasteiger partial charge on any atom is -0.459 e. The second-order valence-corrected chi connectivity index (χ2v) is 7.42. The van der Waals surface area contributed by atoms with Crippen molar-refractivity contribution in [2.75, 3.05) is 6.61 Å². The van der Waals surface area contributed by atoms with Gasteiger partial charge in [-0.15, -0.1) is 0 Å². The van der Waals surface area contributed by atoms with Crippen LogP contribution in [0.25, 0.3) is 0 Å². The number of nitrogens with zero attached hydrogens (tertiary/aromatic N) is 2. The fraction of sp³-hybridized carbons (Fsp3) is 0.300. The SMILES string of the molecule is CC1O[C@H](COC(=O)c2ccc([N+](=O)[O-])cc2)[C@@H](OC(=O)c2ccc([N+](=O)[O-])cc2Cl)[C@@H]1F. The number of benzene rings is 2. The number of nitro groups is 2. The maximum Gasteiger partial charge on any atom is 0.340 e. The van der Waals surface area contributed by atoms with Gasteiger partial charge >= 0.3 is 11.9 Å². The van der Waals surface area contributed by atoms with Gasteiger partial charge in [-0.2, -0.15) is 0 Å². The topological polar surface area (TPSA) is 148 Å². The Bertz CT molecular complexity index is 1100. The van der Waals surface area contributed by atoms with Gasteiger partial charge in [-0.25, -0.2) is 14.0 Å². The summed E-state index contributed by atoms with van der Waals surface area (Å²) in [4.78, 5) is 44.9. The molecule has 13 heteroatoms. The standard InChI is InChI=1S/C20H16ClFN2O9/c1-10-17(22)18(33-20(26)14-7-6-13(24(29)30)8-15(14)21)16(32-10)9-31-19(25)11-2-4-12(5-3-11)23(27)28/h2-8,10,16-18H,9H2,1H3/t10?,16-,17-,18-/m1/s1. The molecule has 4 atom stereocenters. The van der Waals surface area contributed by atoms with Gasteiger partial charge in [0, 0.05) is 24.3 Å². The van der Waals surface area contributed by atoms with E-state index in [4.69, 9.17) is 25.8 Å². The largest absolute Gasteiger partial charge is 0.459 e. The molecule has 0 aliphatic carbocycles. The Kier molecular flexibility index (Phi) is 7.19. The third kappa shape index (κ3) is 5.41. The van der Waals surface area contributed by atoms with E-state index in [1.165, 1.54) is 19.1 Å². The van der Waals surface area contributed by atoms with Gasteiger partial charge in [0.25, 0.3) is 11.4 Å².